The highest BCUT2D eigenvalue weighted by molar-refractivity contribution is 5.49. The Balaban J connectivity index is 2.52. The summed E-state index contributed by atoms with van der Waals surface area (Å²) in [6.45, 7) is 5.97. The van der Waals surface area contributed by atoms with Crippen LogP contribution in [0.15, 0.2) is 18.3 Å². The van der Waals surface area contributed by atoms with E-state index in [4.69, 9.17) is 4.74 Å². The molecular formula is C12H20N2O. The molecule has 0 spiro atoms. The molecule has 1 heterocycles. The zero-order chi connectivity index (χ0) is 10.9. The summed E-state index contributed by atoms with van der Waals surface area (Å²) >= 11 is 0. The first-order valence-corrected chi connectivity index (χ1v) is 5.70. The van der Waals surface area contributed by atoms with Crippen LogP contribution in [-0.4, -0.2) is 18.1 Å². The van der Waals surface area contributed by atoms with Gasteiger partial charge in [-0.25, -0.2) is 4.98 Å². The van der Waals surface area contributed by atoms with Crippen molar-refractivity contribution in [2.45, 2.75) is 33.1 Å². The molecule has 0 aromatic carbocycles. The van der Waals surface area contributed by atoms with Crippen molar-refractivity contribution >= 4 is 5.82 Å². The predicted molar refractivity (Wildman–Crippen MR) is 63.4 cm³/mol. The maximum absolute atomic E-state index is 5.59. The van der Waals surface area contributed by atoms with Gasteiger partial charge in [-0.1, -0.05) is 20.3 Å². The van der Waals surface area contributed by atoms with E-state index < -0.39 is 0 Å². The lowest BCUT2D eigenvalue weighted by atomic mass is 10.3. The van der Waals surface area contributed by atoms with Gasteiger partial charge in [-0.05, 0) is 25.0 Å². The summed E-state index contributed by atoms with van der Waals surface area (Å²) in [5.41, 5.74) is 0. The van der Waals surface area contributed by atoms with Crippen LogP contribution in [0.5, 0.6) is 5.75 Å². The fourth-order valence-corrected chi connectivity index (χ4v) is 1.24. The normalized spacial score (nSPS) is 10.0. The third kappa shape index (κ3) is 4.19. The maximum Gasteiger partial charge on any atom is 0.168 e. The Morgan fingerprint density at radius 2 is 2.20 bits per heavy atom. The summed E-state index contributed by atoms with van der Waals surface area (Å²) in [5.74, 6) is 1.72. The molecule has 3 nitrogen and oxygen atoms in total. The van der Waals surface area contributed by atoms with E-state index >= 15 is 0 Å². The van der Waals surface area contributed by atoms with Crippen LogP contribution in [0.1, 0.15) is 33.1 Å². The Labute approximate surface area is 91.9 Å². The van der Waals surface area contributed by atoms with E-state index in [1.54, 1.807) is 6.20 Å². The first kappa shape index (κ1) is 11.8. The average molecular weight is 208 g/mol. The quantitative estimate of drug-likeness (QED) is 0.699. The number of anilines is 1. The second kappa shape index (κ2) is 7.10. The Bertz CT molecular complexity index is 276. The van der Waals surface area contributed by atoms with E-state index in [2.05, 4.69) is 24.1 Å². The summed E-state index contributed by atoms with van der Waals surface area (Å²) in [4.78, 5) is 4.27. The number of rotatable bonds is 7. The van der Waals surface area contributed by atoms with Gasteiger partial charge in [0, 0.05) is 12.7 Å². The van der Waals surface area contributed by atoms with E-state index in [0.717, 1.165) is 37.6 Å². The minimum Gasteiger partial charge on any atom is -0.490 e. The number of hydrogen-bond acceptors (Lipinski definition) is 3. The summed E-state index contributed by atoms with van der Waals surface area (Å²) in [5, 5.41) is 3.29. The van der Waals surface area contributed by atoms with Gasteiger partial charge >= 0.3 is 0 Å². The number of nitrogens with one attached hydrogen (secondary N) is 1. The van der Waals surface area contributed by atoms with Crippen LogP contribution in [-0.2, 0) is 0 Å². The summed E-state index contributed by atoms with van der Waals surface area (Å²) in [7, 11) is 0. The molecule has 0 saturated heterocycles. The van der Waals surface area contributed by atoms with Gasteiger partial charge in [0.05, 0.1) is 6.61 Å². The zero-order valence-corrected chi connectivity index (χ0v) is 9.62. The smallest absolute Gasteiger partial charge is 0.168 e. The Hall–Kier alpha value is -1.25. The molecule has 0 aliphatic carbocycles. The lowest BCUT2D eigenvalue weighted by Crippen LogP contribution is -2.06. The molecule has 3 heteroatoms. The second-order valence-electron chi connectivity index (χ2n) is 3.48. The van der Waals surface area contributed by atoms with E-state index in [9.17, 15) is 0 Å². The highest BCUT2D eigenvalue weighted by Crippen LogP contribution is 2.20. The molecule has 0 aliphatic heterocycles. The van der Waals surface area contributed by atoms with Gasteiger partial charge in [0.25, 0.3) is 0 Å². The van der Waals surface area contributed by atoms with E-state index in [1.165, 1.54) is 6.42 Å². The second-order valence-corrected chi connectivity index (χ2v) is 3.48. The molecule has 1 N–H and O–H groups in total. The monoisotopic (exact) mass is 208 g/mol. The summed E-state index contributed by atoms with van der Waals surface area (Å²) in [6.07, 6.45) is 5.14. The van der Waals surface area contributed by atoms with Crippen LogP contribution < -0.4 is 10.1 Å². The van der Waals surface area contributed by atoms with Gasteiger partial charge in [0.15, 0.2) is 11.6 Å². The molecule has 0 unspecified atom stereocenters. The number of nitrogens with zero attached hydrogens (tertiary/aromatic N) is 1. The molecule has 1 rings (SSSR count). The summed E-state index contributed by atoms with van der Waals surface area (Å²) in [6, 6.07) is 3.85. The van der Waals surface area contributed by atoms with Crippen LogP contribution in [0.25, 0.3) is 0 Å². The predicted octanol–water partition coefficient (Wildman–Crippen LogP) is 3.08. The maximum atomic E-state index is 5.59. The molecule has 0 aliphatic rings. The number of pyridine rings is 1. The molecule has 0 radical (unpaired) electrons. The van der Waals surface area contributed by atoms with E-state index in [-0.39, 0.29) is 0 Å². The van der Waals surface area contributed by atoms with Crippen LogP contribution in [0.3, 0.4) is 0 Å². The van der Waals surface area contributed by atoms with Crippen LogP contribution in [0.2, 0.25) is 0 Å². The fraction of sp³-hybridized carbons (Fsp3) is 0.583. The molecule has 1 aromatic heterocycles. The lowest BCUT2D eigenvalue weighted by molar-refractivity contribution is 0.318. The van der Waals surface area contributed by atoms with E-state index in [0.29, 0.717) is 0 Å². The third-order valence-corrected chi connectivity index (χ3v) is 2.06. The SMILES string of the molecule is CCCCNc1ncccc1OCCC. The van der Waals surface area contributed by atoms with Crippen molar-refractivity contribution in [3.8, 4) is 5.75 Å². The number of unbranched alkanes of at least 4 members (excludes halogenated alkanes) is 1. The van der Waals surface area contributed by atoms with Crippen molar-refractivity contribution in [2.24, 2.45) is 0 Å². The van der Waals surface area contributed by atoms with Crippen molar-refractivity contribution in [1.82, 2.24) is 4.98 Å². The zero-order valence-electron chi connectivity index (χ0n) is 9.62. The highest BCUT2D eigenvalue weighted by Gasteiger charge is 2.02. The van der Waals surface area contributed by atoms with Gasteiger partial charge in [-0.15, -0.1) is 0 Å². The van der Waals surface area contributed by atoms with Gasteiger partial charge in [0.2, 0.25) is 0 Å². The van der Waals surface area contributed by atoms with Crippen molar-refractivity contribution in [3.05, 3.63) is 18.3 Å². The Morgan fingerprint density at radius 3 is 2.93 bits per heavy atom. The van der Waals surface area contributed by atoms with Gasteiger partial charge in [-0.2, -0.15) is 0 Å². The number of hydrogen-bond donors (Lipinski definition) is 1. The van der Waals surface area contributed by atoms with Crippen LogP contribution in [0, 0.1) is 0 Å². The largest absolute Gasteiger partial charge is 0.490 e. The van der Waals surface area contributed by atoms with Gasteiger partial charge < -0.3 is 10.1 Å². The van der Waals surface area contributed by atoms with Gasteiger partial charge in [-0.3, -0.25) is 0 Å². The first-order valence-electron chi connectivity index (χ1n) is 5.70. The number of ether oxygens (including phenoxy) is 1. The molecule has 0 amide bonds. The standard InChI is InChI=1S/C12H20N2O/c1-3-5-8-13-12-11(15-10-4-2)7-6-9-14-12/h6-7,9H,3-5,8,10H2,1-2H3,(H,13,14). The van der Waals surface area contributed by atoms with Crippen molar-refractivity contribution < 1.29 is 4.74 Å². The molecular weight excluding hydrogens is 188 g/mol. The minimum absolute atomic E-state index is 0.744. The molecule has 0 bridgehead atoms. The molecule has 0 atom stereocenters. The molecule has 1 aromatic rings. The average Bonchev–Trinajstić information content (AvgIpc) is 2.28. The van der Waals surface area contributed by atoms with Crippen molar-refractivity contribution in [3.63, 3.8) is 0 Å². The molecule has 15 heavy (non-hydrogen) atoms. The molecule has 84 valence electrons. The molecule has 0 fully saturated rings. The van der Waals surface area contributed by atoms with Crippen LogP contribution >= 0.6 is 0 Å². The van der Waals surface area contributed by atoms with Crippen molar-refractivity contribution in [1.29, 1.82) is 0 Å². The first-order chi connectivity index (χ1) is 7.38. The van der Waals surface area contributed by atoms with Crippen LogP contribution in [0.4, 0.5) is 5.82 Å². The topological polar surface area (TPSA) is 34.2 Å². The summed E-state index contributed by atoms with van der Waals surface area (Å²) < 4.78 is 5.59. The lowest BCUT2D eigenvalue weighted by Gasteiger charge is -2.10. The fourth-order valence-electron chi connectivity index (χ4n) is 1.24. The third-order valence-electron chi connectivity index (χ3n) is 2.06. The Morgan fingerprint density at radius 1 is 1.33 bits per heavy atom. The highest BCUT2D eigenvalue weighted by atomic mass is 16.5. The van der Waals surface area contributed by atoms with Gasteiger partial charge in [0.1, 0.15) is 0 Å². The van der Waals surface area contributed by atoms with E-state index in [1.807, 2.05) is 12.1 Å². The minimum atomic E-state index is 0.744. The molecule has 0 saturated carbocycles. The number of aromatic nitrogens is 1. The Kier molecular flexibility index (Phi) is 5.59. The van der Waals surface area contributed by atoms with Crippen molar-refractivity contribution in [2.75, 3.05) is 18.5 Å².